The van der Waals surface area contributed by atoms with Crippen molar-refractivity contribution >= 4 is 0 Å². The molecular formula is C22H29NO2. The van der Waals surface area contributed by atoms with Crippen molar-refractivity contribution in [1.29, 1.82) is 0 Å². The Morgan fingerprint density at radius 3 is 2.44 bits per heavy atom. The predicted molar refractivity (Wildman–Crippen MR) is 102 cm³/mol. The monoisotopic (exact) mass is 339 g/mol. The first kappa shape index (κ1) is 17.8. The molecule has 3 nitrogen and oxygen atoms in total. The summed E-state index contributed by atoms with van der Waals surface area (Å²) in [7, 11) is 1.69. The highest BCUT2D eigenvalue weighted by atomic mass is 16.5. The highest BCUT2D eigenvalue weighted by Gasteiger charge is 2.34. The fourth-order valence-electron chi connectivity index (χ4n) is 3.95. The summed E-state index contributed by atoms with van der Waals surface area (Å²) in [5.74, 6) is 1.62. The molecule has 0 heterocycles. The quantitative estimate of drug-likeness (QED) is 0.756. The number of methoxy groups -OCH3 is 1. The standard InChI is InChI=1S/C22H29NO2/c1-3-25-20-12-11-18(15-21(20)24-2)16-23-17-22(13-7-8-14-22)19-9-5-4-6-10-19/h4-6,9-12,15,23H,3,7-8,13-14,16-17H2,1-2H3. The van der Waals surface area contributed by atoms with Gasteiger partial charge in [0, 0.05) is 18.5 Å². The van der Waals surface area contributed by atoms with Crippen LogP contribution in [0.5, 0.6) is 11.5 Å². The van der Waals surface area contributed by atoms with Gasteiger partial charge in [0.1, 0.15) is 0 Å². The fraction of sp³-hybridized carbons (Fsp3) is 0.455. The number of nitrogens with one attached hydrogen (secondary N) is 1. The summed E-state index contributed by atoms with van der Waals surface area (Å²) in [6.45, 7) is 4.50. The Bertz CT molecular complexity index is 663. The molecule has 1 aliphatic carbocycles. The lowest BCUT2D eigenvalue weighted by molar-refractivity contribution is 0.310. The van der Waals surface area contributed by atoms with Crippen molar-refractivity contribution in [2.24, 2.45) is 0 Å². The molecule has 0 unspecified atom stereocenters. The predicted octanol–water partition coefficient (Wildman–Crippen LogP) is 4.70. The molecule has 1 aliphatic rings. The summed E-state index contributed by atoms with van der Waals surface area (Å²) in [4.78, 5) is 0. The van der Waals surface area contributed by atoms with Gasteiger partial charge in [0.15, 0.2) is 11.5 Å². The molecule has 1 fully saturated rings. The zero-order valence-electron chi connectivity index (χ0n) is 15.4. The first-order valence-corrected chi connectivity index (χ1v) is 9.33. The molecule has 1 N–H and O–H groups in total. The van der Waals surface area contributed by atoms with E-state index in [1.807, 2.05) is 13.0 Å². The smallest absolute Gasteiger partial charge is 0.161 e. The third-order valence-electron chi connectivity index (χ3n) is 5.27. The number of rotatable bonds is 8. The van der Waals surface area contributed by atoms with Gasteiger partial charge < -0.3 is 14.8 Å². The van der Waals surface area contributed by atoms with Gasteiger partial charge in [0.2, 0.25) is 0 Å². The summed E-state index contributed by atoms with van der Waals surface area (Å²) < 4.78 is 11.1. The van der Waals surface area contributed by atoms with Crippen LogP contribution in [0.25, 0.3) is 0 Å². The molecule has 134 valence electrons. The Balaban J connectivity index is 1.65. The summed E-state index contributed by atoms with van der Waals surface area (Å²) in [6.07, 6.45) is 5.20. The second-order valence-electron chi connectivity index (χ2n) is 6.88. The molecule has 0 amide bonds. The normalized spacial score (nSPS) is 15.9. The Hall–Kier alpha value is -2.00. The van der Waals surface area contributed by atoms with Gasteiger partial charge in [0.05, 0.1) is 13.7 Å². The van der Waals surface area contributed by atoms with Gasteiger partial charge >= 0.3 is 0 Å². The molecule has 0 radical (unpaired) electrons. The SMILES string of the molecule is CCOc1ccc(CNCC2(c3ccccc3)CCCC2)cc1OC. The maximum Gasteiger partial charge on any atom is 0.161 e. The van der Waals surface area contributed by atoms with E-state index in [1.165, 1.54) is 36.8 Å². The molecule has 3 heteroatoms. The average Bonchev–Trinajstić information content (AvgIpc) is 3.14. The van der Waals surface area contributed by atoms with Gasteiger partial charge in [-0.3, -0.25) is 0 Å². The van der Waals surface area contributed by atoms with Crippen LogP contribution in [0.15, 0.2) is 48.5 Å². The minimum atomic E-state index is 0.288. The molecule has 2 aromatic rings. The van der Waals surface area contributed by atoms with Crippen LogP contribution in [0.2, 0.25) is 0 Å². The van der Waals surface area contributed by atoms with E-state index in [2.05, 4.69) is 47.8 Å². The largest absolute Gasteiger partial charge is 0.493 e. The lowest BCUT2D eigenvalue weighted by atomic mass is 9.79. The molecule has 0 bridgehead atoms. The van der Waals surface area contributed by atoms with Crippen LogP contribution in [-0.4, -0.2) is 20.3 Å². The van der Waals surface area contributed by atoms with E-state index >= 15 is 0 Å². The second-order valence-corrected chi connectivity index (χ2v) is 6.88. The second kappa shape index (κ2) is 8.39. The maximum absolute atomic E-state index is 5.60. The van der Waals surface area contributed by atoms with Gasteiger partial charge in [-0.25, -0.2) is 0 Å². The lowest BCUT2D eigenvalue weighted by Crippen LogP contribution is -2.35. The number of ether oxygens (including phenoxy) is 2. The molecule has 2 aromatic carbocycles. The van der Waals surface area contributed by atoms with Gasteiger partial charge in [-0.15, -0.1) is 0 Å². The third kappa shape index (κ3) is 4.16. The molecular weight excluding hydrogens is 310 g/mol. The average molecular weight is 339 g/mol. The van der Waals surface area contributed by atoms with Gasteiger partial charge in [-0.2, -0.15) is 0 Å². The van der Waals surface area contributed by atoms with Crippen LogP contribution in [0, 0.1) is 0 Å². The maximum atomic E-state index is 5.60. The lowest BCUT2D eigenvalue weighted by Gasteiger charge is -2.30. The Morgan fingerprint density at radius 1 is 1.00 bits per heavy atom. The van der Waals surface area contributed by atoms with Crippen LogP contribution < -0.4 is 14.8 Å². The van der Waals surface area contributed by atoms with E-state index in [9.17, 15) is 0 Å². The van der Waals surface area contributed by atoms with Crippen molar-refractivity contribution in [3.63, 3.8) is 0 Å². The Kier molecular flexibility index (Phi) is 5.98. The molecule has 0 saturated heterocycles. The highest BCUT2D eigenvalue weighted by Crippen LogP contribution is 2.40. The van der Waals surface area contributed by atoms with Gasteiger partial charge in [0.25, 0.3) is 0 Å². The van der Waals surface area contributed by atoms with Crippen molar-refractivity contribution < 1.29 is 9.47 Å². The molecule has 0 spiro atoms. The minimum absolute atomic E-state index is 0.288. The van der Waals surface area contributed by atoms with E-state index in [0.717, 1.165) is 24.6 Å². The molecule has 25 heavy (non-hydrogen) atoms. The molecule has 1 saturated carbocycles. The summed E-state index contributed by atoms with van der Waals surface area (Å²) in [5, 5.41) is 3.69. The molecule has 0 aromatic heterocycles. The van der Waals surface area contributed by atoms with E-state index in [4.69, 9.17) is 9.47 Å². The third-order valence-corrected chi connectivity index (χ3v) is 5.27. The number of benzene rings is 2. The minimum Gasteiger partial charge on any atom is -0.493 e. The topological polar surface area (TPSA) is 30.5 Å². The summed E-state index contributed by atoms with van der Waals surface area (Å²) >= 11 is 0. The van der Waals surface area contributed by atoms with Crippen molar-refractivity contribution in [3.8, 4) is 11.5 Å². The van der Waals surface area contributed by atoms with E-state index in [1.54, 1.807) is 7.11 Å². The number of hydrogen-bond acceptors (Lipinski definition) is 3. The van der Waals surface area contributed by atoms with Crippen molar-refractivity contribution in [3.05, 3.63) is 59.7 Å². The molecule has 3 rings (SSSR count). The van der Waals surface area contributed by atoms with Crippen LogP contribution in [-0.2, 0) is 12.0 Å². The first-order valence-electron chi connectivity index (χ1n) is 9.33. The van der Waals surface area contributed by atoms with Crippen LogP contribution in [0.4, 0.5) is 0 Å². The van der Waals surface area contributed by atoms with Crippen molar-refractivity contribution in [2.45, 2.75) is 44.6 Å². The van der Waals surface area contributed by atoms with Crippen LogP contribution in [0.1, 0.15) is 43.7 Å². The van der Waals surface area contributed by atoms with Crippen molar-refractivity contribution in [2.75, 3.05) is 20.3 Å². The van der Waals surface area contributed by atoms with Crippen LogP contribution >= 0.6 is 0 Å². The van der Waals surface area contributed by atoms with E-state index in [0.29, 0.717) is 6.61 Å². The van der Waals surface area contributed by atoms with Gasteiger partial charge in [-0.1, -0.05) is 49.2 Å². The fourth-order valence-corrected chi connectivity index (χ4v) is 3.95. The molecule has 0 aliphatic heterocycles. The van der Waals surface area contributed by atoms with Crippen molar-refractivity contribution in [1.82, 2.24) is 5.32 Å². The summed E-state index contributed by atoms with van der Waals surface area (Å²) in [6, 6.07) is 17.2. The highest BCUT2D eigenvalue weighted by molar-refractivity contribution is 5.43. The Morgan fingerprint density at radius 2 is 1.76 bits per heavy atom. The van der Waals surface area contributed by atoms with E-state index in [-0.39, 0.29) is 5.41 Å². The number of hydrogen-bond donors (Lipinski definition) is 1. The van der Waals surface area contributed by atoms with Crippen LogP contribution in [0.3, 0.4) is 0 Å². The van der Waals surface area contributed by atoms with Gasteiger partial charge in [-0.05, 0) is 43.0 Å². The molecule has 0 atom stereocenters. The Labute approximate surface area is 151 Å². The summed E-state index contributed by atoms with van der Waals surface area (Å²) in [5.41, 5.74) is 2.99. The first-order chi connectivity index (χ1) is 12.3. The zero-order chi connectivity index (χ0) is 17.5. The zero-order valence-corrected chi connectivity index (χ0v) is 15.4. The van der Waals surface area contributed by atoms with E-state index < -0.39 is 0 Å².